The highest BCUT2D eigenvalue weighted by molar-refractivity contribution is 7.81. The third kappa shape index (κ3) is 2.37. The summed E-state index contributed by atoms with van der Waals surface area (Å²) in [4.78, 5) is 13.5. The molecule has 1 aliphatic rings. The van der Waals surface area contributed by atoms with Crippen LogP contribution in [0.5, 0.6) is 11.5 Å². The smallest absolute Gasteiger partial charge is 0.228 e. The van der Waals surface area contributed by atoms with Crippen molar-refractivity contribution >= 4 is 35.8 Å². The van der Waals surface area contributed by atoms with Gasteiger partial charge in [-0.2, -0.15) is 12.6 Å². The van der Waals surface area contributed by atoms with E-state index in [1.165, 1.54) is 7.11 Å². The first-order chi connectivity index (χ1) is 8.56. The average molecular weight is 288 g/mol. The fourth-order valence-electron chi connectivity index (χ4n) is 1.98. The van der Waals surface area contributed by atoms with Crippen LogP contribution in [0.15, 0.2) is 12.1 Å². The van der Waals surface area contributed by atoms with Gasteiger partial charge in [-0.05, 0) is 0 Å². The van der Waals surface area contributed by atoms with Gasteiger partial charge in [0.25, 0.3) is 0 Å². The van der Waals surface area contributed by atoms with Crippen molar-refractivity contribution in [3.8, 4) is 11.5 Å². The van der Waals surface area contributed by atoms with Crippen molar-refractivity contribution in [1.29, 1.82) is 0 Å². The topological polar surface area (TPSA) is 38.8 Å². The van der Waals surface area contributed by atoms with E-state index >= 15 is 0 Å². The lowest BCUT2D eigenvalue weighted by atomic mass is 10.2. The largest absolute Gasteiger partial charge is 0.495 e. The van der Waals surface area contributed by atoms with Crippen LogP contribution in [0.2, 0.25) is 5.02 Å². The molecule has 0 bridgehead atoms. The highest BCUT2D eigenvalue weighted by Gasteiger charge is 2.30. The molecule has 0 saturated carbocycles. The van der Waals surface area contributed by atoms with Crippen LogP contribution in [0.3, 0.4) is 0 Å². The number of carbonyl (C=O) groups excluding carboxylic acids is 1. The second kappa shape index (κ2) is 5.28. The molecule has 0 spiro atoms. The van der Waals surface area contributed by atoms with Gasteiger partial charge in [0.15, 0.2) is 0 Å². The van der Waals surface area contributed by atoms with E-state index in [1.807, 2.05) is 0 Å². The van der Waals surface area contributed by atoms with Crippen LogP contribution in [0.25, 0.3) is 0 Å². The second-order valence-electron chi connectivity index (χ2n) is 4.02. The van der Waals surface area contributed by atoms with Gasteiger partial charge in [0.2, 0.25) is 5.91 Å². The zero-order valence-corrected chi connectivity index (χ0v) is 11.8. The number of thiol groups is 1. The van der Waals surface area contributed by atoms with E-state index in [0.29, 0.717) is 35.2 Å². The Hall–Kier alpha value is -1.07. The van der Waals surface area contributed by atoms with Crippen LogP contribution in [0.1, 0.15) is 6.42 Å². The van der Waals surface area contributed by atoms with Crippen LogP contribution >= 0.6 is 24.2 Å². The Bertz CT molecular complexity index is 481. The number of halogens is 1. The van der Waals surface area contributed by atoms with Crippen molar-refractivity contribution in [1.82, 2.24) is 0 Å². The van der Waals surface area contributed by atoms with E-state index in [9.17, 15) is 4.79 Å². The number of ether oxygens (including phenoxy) is 2. The summed E-state index contributed by atoms with van der Waals surface area (Å²) in [5.41, 5.74) is 0.667. The van der Waals surface area contributed by atoms with Crippen LogP contribution in [-0.2, 0) is 4.79 Å². The first-order valence-electron chi connectivity index (χ1n) is 5.46. The number of methoxy groups -OCH3 is 2. The lowest BCUT2D eigenvalue weighted by molar-refractivity contribution is -0.117. The number of benzene rings is 1. The third-order valence-corrected chi connectivity index (χ3v) is 3.49. The van der Waals surface area contributed by atoms with E-state index < -0.39 is 0 Å². The van der Waals surface area contributed by atoms with Gasteiger partial charge in [-0.15, -0.1) is 0 Å². The second-order valence-corrected chi connectivity index (χ2v) is 5.16. The fourth-order valence-corrected chi connectivity index (χ4v) is 2.53. The maximum absolute atomic E-state index is 11.9. The molecular formula is C12H14ClNO3S. The van der Waals surface area contributed by atoms with E-state index in [-0.39, 0.29) is 11.2 Å². The van der Waals surface area contributed by atoms with Gasteiger partial charge in [0, 0.05) is 30.3 Å². The van der Waals surface area contributed by atoms with E-state index in [0.717, 1.165) is 0 Å². The molecule has 1 unspecified atom stereocenters. The zero-order chi connectivity index (χ0) is 13.3. The molecular weight excluding hydrogens is 274 g/mol. The number of anilines is 1. The number of amides is 1. The maximum atomic E-state index is 11.9. The summed E-state index contributed by atoms with van der Waals surface area (Å²) >= 11 is 10.4. The number of rotatable bonds is 3. The first kappa shape index (κ1) is 13.4. The SMILES string of the molecule is COc1cc(N2CC(S)CC2=O)c(OC)cc1Cl. The quantitative estimate of drug-likeness (QED) is 0.868. The summed E-state index contributed by atoms with van der Waals surface area (Å²) in [5.74, 6) is 1.09. The molecule has 4 nitrogen and oxygen atoms in total. The van der Waals surface area contributed by atoms with Crippen molar-refractivity contribution in [2.24, 2.45) is 0 Å². The summed E-state index contributed by atoms with van der Waals surface area (Å²) in [6.45, 7) is 0.559. The van der Waals surface area contributed by atoms with Crippen LogP contribution in [0.4, 0.5) is 5.69 Å². The molecule has 98 valence electrons. The predicted octanol–water partition coefficient (Wildman–Crippen LogP) is 2.39. The Morgan fingerprint density at radius 2 is 2.00 bits per heavy atom. The number of hydrogen-bond acceptors (Lipinski definition) is 4. The standard InChI is InChI=1S/C12H14ClNO3S/c1-16-10-5-9(11(17-2)4-8(10)13)14-6-7(18)3-12(14)15/h4-5,7,18H,3,6H2,1-2H3. The molecule has 1 aliphatic heterocycles. The van der Waals surface area contributed by atoms with Gasteiger partial charge < -0.3 is 14.4 Å². The molecule has 1 amide bonds. The maximum Gasteiger partial charge on any atom is 0.228 e. The monoisotopic (exact) mass is 287 g/mol. The molecule has 0 aliphatic carbocycles. The van der Waals surface area contributed by atoms with Gasteiger partial charge in [0.05, 0.1) is 24.9 Å². The highest BCUT2D eigenvalue weighted by Crippen LogP contribution is 2.39. The summed E-state index contributed by atoms with van der Waals surface area (Å²) in [6, 6.07) is 3.36. The molecule has 0 aromatic heterocycles. The summed E-state index contributed by atoms with van der Waals surface area (Å²) in [5, 5.41) is 0.496. The minimum atomic E-state index is 0.0256. The van der Waals surface area contributed by atoms with Gasteiger partial charge >= 0.3 is 0 Å². The van der Waals surface area contributed by atoms with Crippen molar-refractivity contribution in [2.45, 2.75) is 11.7 Å². The van der Waals surface area contributed by atoms with Crippen LogP contribution < -0.4 is 14.4 Å². The Kier molecular flexibility index (Phi) is 3.92. The molecule has 6 heteroatoms. The van der Waals surface area contributed by atoms with Gasteiger partial charge in [0.1, 0.15) is 11.5 Å². The normalized spacial score (nSPS) is 19.2. The molecule has 18 heavy (non-hydrogen) atoms. The Labute approximate surface area is 116 Å². The molecule has 2 rings (SSSR count). The highest BCUT2D eigenvalue weighted by atomic mass is 35.5. The van der Waals surface area contributed by atoms with Crippen molar-refractivity contribution in [2.75, 3.05) is 25.7 Å². The van der Waals surface area contributed by atoms with E-state index in [1.54, 1.807) is 24.1 Å². The van der Waals surface area contributed by atoms with E-state index in [4.69, 9.17) is 21.1 Å². The molecule has 1 saturated heterocycles. The van der Waals surface area contributed by atoms with Gasteiger partial charge in [-0.25, -0.2) is 0 Å². The van der Waals surface area contributed by atoms with Gasteiger partial charge in [-0.1, -0.05) is 11.6 Å². The lowest BCUT2D eigenvalue weighted by Crippen LogP contribution is -2.25. The van der Waals surface area contributed by atoms with Crippen molar-refractivity contribution < 1.29 is 14.3 Å². The van der Waals surface area contributed by atoms with Crippen LogP contribution in [-0.4, -0.2) is 31.9 Å². The molecule has 1 aromatic carbocycles. The predicted molar refractivity (Wildman–Crippen MR) is 74.3 cm³/mol. The van der Waals surface area contributed by atoms with Crippen molar-refractivity contribution in [3.63, 3.8) is 0 Å². The number of nitrogens with zero attached hydrogens (tertiary/aromatic N) is 1. The Balaban J connectivity index is 2.45. The Morgan fingerprint density at radius 3 is 2.50 bits per heavy atom. The molecule has 0 radical (unpaired) electrons. The first-order valence-corrected chi connectivity index (χ1v) is 6.36. The minimum absolute atomic E-state index is 0.0256. The molecule has 1 aromatic rings. The minimum Gasteiger partial charge on any atom is -0.495 e. The summed E-state index contributed by atoms with van der Waals surface area (Å²) < 4.78 is 10.4. The van der Waals surface area contributed by atoms with Crippen molar-refractivity contribution in [3.05, 3.63) is 17.2 Å². The third-order valence-electron chi connectivity index (χ3n) is 2.85. The summed E-state index contributed by atoms with van der Waals surface area (Å²) in [7, 11) is 3.07. The number of hydrogen-bond donors (Lipinski definition) is 1. The van der Waals surface area contributed by atoms with E-state index in [2.05, 4.69) is 12.6 Å². The Morgan fingerprint density at radius 1 is 1.33 bits per heavy atom. The zero-order valence-electron chi connectivity index (χ0n) is 10.1. The molecule has 1 heterocycles. The molecule has 1 atom stereocenters. The fraction of sp³-hybridized carbons (Fsp3) is 0.417. The lowest BCUT2D eigenvalue weighted by Gasteiger charge is -2.20. The average Bonchev–Trinajstić information content (AvgIpc) is 2.68. The van der Waals surface area contributed by atoms with Crippen LogP contribution in [0, 0.1) is 0 Å². The molecule has 0 N–H and O–H groups in total. The number of carbonyl (C=O) groups is 1. The summed E-state index contributed by atoms with van der Waals surface area (Å²) in [6.07, 6.45) is 0.428. The molecule has 1 fully saturated rings. The van der Waals surface area contributed by atoms with Gasteiger partial charge in [-0.3, -0.25) is 4.79 Å².